The van der Waals surface area contributed by atoms with Crippen LogP contribution in [0.2, 0.25) is 0 Å². The van der Waals surface area contributed by atoms with Crippen LogP contribution in [0.4, 0.5) is 0 Å². The molecule has 1 amide bonds. The quantitative estimate of drug-likeness (QED) is 0.0326. The molecule has 0 aromatic carbocycles. The van der Waals surface area contributed by atoms with Crippen molar-refractivity contribution in [1.82, 2.24) is 5.32 Å². The van der Waals surface area contributed by atoms with Gasteiger partial charge in [-0.25, -0.2) is 0 Å². The summed E-state index contributed by atoms with van der Waals surface area (Å²) in [6.45, 7) is 6.44. The van der Waals surface area contributed by atoms with Gasteiger partial charge in [0.15, 0.2) is 0 Å². The Hall–Kier alpha value is -1.66. The molecule has 0 radical (unpaired) electrons. The van der Waals surface area contributed by atoms with Gasteiger partial charge in [0.1, 0.15) is 6.10 Å². The van der Waals surface area contributed by atoms with Crippen molar-refractivity contribution in [1.29, 1.82) is 0 Å². The van der Waals surface area contributed by atoms with Gasteiger partial charge in [-0.15, -0.1) is 0 Å². The number of allylic oxidation sites excluding steroid dienone is 4. The van der Waals surface area contributed by atoms with Crippen molar-refractivity contribution >= 4 is 11.9 Å². The Morgan fingerprint density at radius 3 is 1.38 bits per heavy atom. The van der Waals surface area contributed by atoms with Crippen molar-refractivity contribution in [2.24, 2.45) is 0 Å². The first-order chi connectivity index (χ1) is 27.0. The second-order valence-electron chi connectivity index (χ2n) is 16.5. The molecule has 3 atom stereocenters. The number of aliphatic hydroxyl groups excluding tert-OH is 2. The summed E-state index contributed by atoms with van der Waals surface area (Å²) in [6.07, 6.45) is 48.1. The molecule has 0 aliphatic carbocycles. The van der Waals surface area contributed by atoms with Gasteiger partial charge in [0.2, 0.25) is 5.91 Å². The zero-order chi connectivity index (χ0) is 40.3. The lowest BCUT2D eigenvalue weighted by Gasteiger charge is -2.24. The third kappa shape index (κ3) is 39.0. The van der Waals surface area contributed by atoms with Crippen molar-refractivity contribution < 1.29 is 24.5 Å². The Kier molecular flexibility index (Phi) is 42.2. The van der Waals surface area contributed by atoms with Crippen LogP contribution in [0, 0.1) is 0 Å². The fourth-order valence-corrected chi connectivity index (χ4v) is 7.37. The van der Waals surface area contributed by atoms with Crippen LogP contribution in [0.25, 0.3) is 0 Å². The highest BCUT2D eigenvalue weighted by molar-refractivity contribution is 5.77. The molecule has 0 aliphatic heterocycles. The van der Waals surface area contributed by atoms with Gasteiger partial charge in [-0.1, -0.05) is 218 Å². The topological polar surface area (TPSA) is 95.9 Å². The molecule has 0 spiro atoms. The minimum atomic E-state index is -0.793. The molecule has 6 nitrogen and oxygen atoms in total. The third-order valence-corrected chi connectivity index (χ3v) is 11.1. The van der Waals surface area contributed by atoms with E-state index in [4.69, 9.17) is 4.74 Å². The first-order valence-electron chi connectivity index (χ1n) is 24.1. The molecule has 0 aliphatic rings. The largest absolute Gasteiger partial charge is 0.462 e. The standard InChI is InChI=1S/C49H93NO5/c1-4-7-10-13-16-19-21-23-25-26-29-31-34-37-40-45(55-49(54)42-39-36-33-30-27-24-22-20-17-14-11-8-5-2)43-48(53)50-46(44-51)47(52)41-38-35-32-28-18-15-12-9-6-3/h25-26,29,31,45-47,51-52H,4-24,27-28,30,32-44H2,1-3H3,(H,50,53)/b26-25+,31-29+. The number of carbonyl (C=O) groups is 2. The van der Waals surface area contributed by atoms with Gasteiger partial charge in [-0.2, -0.15) is 0 Å². The van der Waals surface area contributed by atoms with Crippen LogP contribution in [-0.4, -0.2) is 46.9 Å². The smallest absolute Gasteiger partial charge is 0.306 e. The number of nitrogens with one attached hydrogen (secondary N) is 1. The summed E-state index contributed by atoms with van der Waals surface area (Å²) in [7, 11) is 0. The van der Waals surface area contributed by atoms with Crippen molar-refractivity contribution in [3.63, 3.8) is 0 Å². The number of hydrogen-bond donors (Lipinski definition) is 3. The van der Waals surface area contributed by atoms with Crippen LogP contribution in [0.5, 0.6) is 0 Å². The molecule has 3 unspecified atom stereocenters. The maximum Gasteiger partial charge on any atom is 0.306 e. The SMILES string of the molecule is CCCCCCCCC/C=C/C=C/CCCC(CC(=O)NC(CO)C(O)CCCCCCCCCCC)OC(=O)CCCCCCCCCCCCCCC. The van der Waals surface area contributed by atoms with E-state index in [0.717, 1.165) is 57.8 Å². The van der Waals surface area contributed by atoms with Gasteiger partial charge in [-0.3, -0.25) is 9.59 Å². The van der Waals surface area contributed by atoms with Gasteiger partial charge in [0.05, 0.1) is 25.2 Å². The summed E-state index contributed by atoms with van der Waals surface area (Å²) in [5.74, 6) is -0.512. The van der Waals surface area contributed by atoms with Crippen molar-refractivity contribution in [3.8, 4) is 0 Å². The maximum absolute atomic E-state index is 13.1. The minimum Gasteiger partial charge on any atom is -0.462 e. The first kappa shape index (κ1) is 53.3. The molecule has 0 rings (SSSR count). The van der Waals surface area contributed by atoms with Crippen molar-refractivity contribution in [3.05, 3.63) is 24.3 Å². The third-order valence-electron chi connectivity index (χ3n) is 11.1. The average Bonchev–Trinajstić information content (AvgIpc) is 3.18. The van der Waals surface area contributed by atoms with Crippen molar-refractivity contribution in [2.45, 2.75) is 270 Å². The molecule has 55 heavy (non-hydrogen) atoms. The van der Waals surface area contributed by atoms with E-state index >= 15 is 0 Å². The van der Waals surface area contributed by atoms with Gasteiger partial charge < -0.3 is 20.3 Å². The molecule has 6 heteroatoms. The number of carbonyl (C=O) groups excluding carboxylic acids is 2. The summed E-state index contributed by atoms with van der Waals surface area (Å²) in [6, 6.07) is -0.709. The summed E-state index contributed by atoms with van der Waals surface area (Å²) < 4.78 is 5.89. The van der Waals surface area contributed by atoms with Crippen LogP contribution in [0.1, 0.15) is 252 Å². The monoisotopic (exact) mass is 776 g/mol. The molecule has 0 aromatic rings. The van der Waals surface area contributed by atoms with Gasteiger partial charge >= 0.3 is 5.97 Å². The lowest BCUT2D eigenvalue weighted by atomic mass is 10.0. The fourth-order valence-electron chi connectivity index (χ4n) is 7.37. The summed E-state index contributed by atoms with van der Waals surface area (Å²) in [5.41, 5.74) is 0. The molecular weight excluding hydrogens is 683 g/mol. The van der Waals surface area contributed by atoms with E-state index < -0.39 is 18.2 Å². The Bertz CT molecular complexity index is 873. The molecule has 0 saturated carbocycles. The fraction of sp³-hybridized carbons (Fsp3) is 0.878. The number of aliphatic hydroxyl groups is 2. The summed E-state index contributed by atoms with van der Waals surface area (Å²) >= 11 is 0. The van der Waals surface area contributed by atoms with E-state index in [1.807, 2.05) is 0 Å². The molecule has 0 fully saturated rings. The van der Waals surface area contributed by atoms with Crippen LogP contribution < -0.4 is 5.32 Å². The maximum atomic E-state index is 13.1. The number of esters is 1. The number of ether oxygens (including phenoxy) is 1. The van der Waals surface area contributed by atoms with Gasteiger partial charge in [0.25, 0.3) is 0 Å². The molecule has 0 heterocycles. The average molecular weight is 776 g/mol. The molecule has 0 saturated heterocycles. The highest BCUT2D eigenvalue weighted by Crippen LogP contribution is 2.17. The predicted molar refractivity (Wildman–Crippen MR) is 236 cm³/mol. The van der Waals surface area contributed by atoms with Crippen LogP contribution >= 0.6 is 0 Å². The molecule has 0 bridgehead atoms. The van der Waals surface area contributed by atoms with E-state index in [-0.39, 0.29) is 24.9 Å². The second-order valence-corrected chi connectivity index (χ2v) is 16.5. The molecule has 3 N–H and O–H groups in total. The van der Waals surface area contributed by atoms with E-state index in [1.165, 1.54) is 148 Å². The van der Waals surface area contributed by atoms with Gasteiger partial charge in [0, 0.05) is 6.42 Å². The number of hydrogen-bond acceptors (Lipinski definition) is 5. The zero-order valence-electron chi connectivity index (χ0n) is 36.8. The number of amides is 1. The van der Waals surface area contributed by atoms with Crippen LogP contribution in [-0.2, 0) is 14.3 Å². The highest BCUT2D eigenvalue weighted by atomic mass is 16.5. The predicted octanol–water partition coefficient (Wildman–Crippen LogP) is 14.0. The van der Waals surface area contributed by atoms with Gasteiger partial charge in [-0.05, 0) is 44.9 Å². The second kappa shape index (κ2) is 43.5. The zero-order valence-corrected chi connectivity index (χ0v) is 36.8. The lowest BCUT2D eigenvalue weighted by molar-refractivity contribution is -0.151. The lowest BCUT2D eigenvalue weighted by Crippen LogP contribution is -2.46. The van der Waals surface area contributed by atoms with Crippen molar-refractivity contribution in [2.75, 3.05) is 6.61 Å². The van der Waals surface area contributed by atoms with E-state index in [0.29, 0.717) is 19.3 Å². The van der Waals surface area contributed by atoms with E-state index in [2.05, 4.69) is 50.4 Å². The molecule has 0 aromatic heterocycles. The van der Waals surface area contributed by atoms with E-state index in [9.17, 15) is 19.8 Å². The summed E-state index contributed by atoms with van der Waals surface area (Å²) in [5, 5.41) is 23.6. The normalized spacial score (nSPS) is 13.5. The molecule has 324 valence electrons. The molecular formula is C49H93NO5. The Balaban J connectivity index is 4.65. The van der Waals surface area contributed by atoms with Crippen LogP contribution in [0.15, 0.2) is 24.3 Å². The van der Waals surface area contributed by atoms with E-state index in [1.54, 1.807) is 0 Å². The summed E-state index contributed by atoms with van der Waals surface area (Å²) in [4.78, 5) is 26.0. The Morgan fingerprint density at radius 2 is 0.927 bits per heavy atom. The Morgan fingerprint density at radius 1 is 0.527 bits per heavy atom. The number of rotatable bonds is 43. The first-order valence-corrected chi connectivity index (χ1v) is 24.1. The highest BCUT2D eigenvalue weighted by Gasteiger charge is 2.24. The minimum absolute atomic E-state index is 0.0493. The number of unbranched alkanes of at least 4 members (excludes halogenated alkanes) is 28. The Labute approximate surface area is 341 Å². The van der Waals surface area contributed by atoms with Crippen LogP contribution in [0.3, 0.4) is 0 Å².